The molecule has 0 bridgehead atoms. The second-order valence-corrected chi connectivity index (χ2v) is 5.40. The lowest BCUT2D eigenvalue weighted by atomic mass is 9.75. The van der Waals surface area contributed by atoms with Gasteiger partial charge in [0, 0.05) is 18.6 Å². The quantitative estimate of drug-likeness (QED) is 0.685. The second-order valence-electron chi connectivity index (χ2n) is 5.40. The molecular weight excluding hydrogens is 186 g/mol. The SMILES string of the molecule is CCCNCC1(CC(C)C)CCOC1C. The van der Waals surface area contributed by atoms with Gasteiger partial charge < -0.3 is 10.1 Å². The molecular formula is C13H27NO. The summed E-state index contributed by atoms with van der Waals surface area (Å²) in [7, 11) is 0. The lowest BCUT2D eigenvalue weighted by Crippen LogP contribution is -2.40. The number of rotatable bonds is 6. The Bertz CT molecular complexity index is 181. The van der Waals surface area contributed by atoms with Crippen molar-refractivity contribution in [3.63, 3.8) is 0 Å². The molecule has 0 aromatic rings. The highest BCUT2D eigenvalue weighted by atomic mass is 16.5. The molecule has 0 amide bonds. The van der Waals surface area contributed by atoms with Crippen molar-refractivity contribution in [2.45, 2.75) is 53.1 Å². The molecule has 1 aliphatic rings. The summed E-state index contributed by atoms with van der Waals surface area (Å²) in [6.07, 6.45) is 4.14. The van der Waals surface area contributed by atoms with Crippen molar-refractivity contribution in [1.82, 2.24) is 5.32 Å². The third-order valence-corrected chi connectivity index (χ3v) is 3.55. The van der Waals surface area contributed by atoms with E-state index in [1.807, 2.05) is 0 Å². The minimum absolute atomic E-state index is 0.392. The maximum atomic E-state index is 5.76. The van der Waals surface area contributed by atoms with E-state index < -0.39 is 0 Å². The first-order valence-corrected chi connectivity index (χ1v) is 6.43. The van der Waals surface area contributed by atoms with Gasteiger partial charge >= 0.3 is 0 Å². The van der Waals surface area contributed by atoms with Gasteiger partial charge in [-0.05, 0) is 38.6 Å². The molecule has 2 nitrogen and oxygen atoms in total. The van der Waals surface area contributed by atoms with Gasteiger partial charge in [-0.25, -0.2) is 0 Å². The van der Waals surface area contributed by atoms with Crippen molar-refractivity contribution in [2.75, 3.05) is 19.7 Å². The van der Waals surface area contributed by atoms with Gasteiger partial charge in [0.1, 0.15) is 0 Å². The normalized spacial score (nSPS) is 31.4. The molecule has 0 radical (unpaired) electrons. The van der Waals surface area contributed by atoms with Gasteiger partial charge in [0.05, 0.1) is 6.10 Å². The molecule has 0 saturated carbocycles. The summed E-state index contributed by atoms with van der Waals surface area (Å²) in [5.74, 6) is 0.762. The van der Waals surface area contributed by atoms with Crippen molar-refractivity contribution in [3.8, 4) is 0 Å². The lowest BCUT2D eigenvalue weighted by molar-refractivity contribution is 0.0518. The highest BCUT2D eigenvalue weighted by Gasteiger charge is 2.41. The molecule has 0 spiro atoms. The Morgan fingerprint density at radius 1 is 1.47 bits per heavy atom. The van der Waals surface area contributed by atoms with E-state index in [0.29, 0.717) is 11.5 Å². The first kappa shape index (κ1) is 13.0. The van der Waals surface area contributed by atoms with E-state index in [0.717, 1.165) is 25.6 Å². The molecule has 1 rings (SSSR count). The highest BCUT2D eigenvalue weighted by molar-refractivity contribution is 4.92. The van der Waals surface area contributed by atoms with Crippen LogP contribution in [0.3, 0.4) is 0 Å². The van der Waals surface area contributed by atoms with E-state index in [2.05, 4.69) is 33.0 Å². The van der Waals surface area contributed by atoms with E-state index >= 15 is 0 Å². The van der Waals surface area contributed by atoms with Crippen LogP contribution in [0, 0.1) is 11.3 Å². The topological polar surface area (TPSA) is 21.3 Å². The zero-order valence-electron chi connectivity index (χ0n) is 10.8. The molecule has 1 N–H and O–H groups in total. The monoisotopic (exact) mass is 213 g/mol. The predicted molar refractivity (Wildman–Crippen MR) is 65.1 cm³/mol. The van der Waals surface area contributed by atoms with Crippen molar-refractivity contribution in [2.24, 2.45) is 11.3 Å². The van der Waals surface area contributed by atoms with Crippen molar-refractivity contribution >= 4 is 0 Å². The van der Waals surface area contributed by atoms with Crippen molar-refractivity contribution < 1.29 is 4.74 Å². The fourth-order valence-electron chi connectivity index (χ4n) is 2.72. The zero-order chi connectivity index (χ0) is 11.3. The third-order valence-electron chi connectivity index (χ3n) is 3.55. The molecule has 0 aromatic heterocycles. The van der Waals surface area contributed by atoms with Crippen molar-refractivity contribution in [3.05, 3.63) is 0 Å². The van der Waals surface area contributed by atoms with E-state index in [1.54, 1.807) is 0 Å². The maximum absolute atomic E-state index is 5.76. The predicted octanol–water partition coefficient (Wildman–Crippen LogP) is 2.83. The summed E-state index contributed by atoms with van der Waals surface area (Å²) in [5.41, 5.74) is 0.392. The Morgan fingerprint density at radius 2 is 2.20 bits per heavy atom. The number of hydrogen-bond donors (Lipinski definition) is 1. The summed E-state index contributed by atoms with van der Waals surface area (Å²) in [5, 5.41) is 3.57. The van der Waals surface area contributed by atoms with Crippen LogP contribution in [0.25, 0.3) is 0 Å². The maximum Gasteiger partial charge on any atom is 0.0616 e. The smallest absolute Gasteiger partial charge is 0.0616 e. The molecule has 1 fully saturated rings. The van der Waals surface area contributed by atoms with Crippen LogP contribution in [0.5, 0.6) is 0 Å². The summed E-state index contributed by atoms with van der Waals surface area (Å²) in [4.78, 5) is 0. The Balaban J connectivity index is 2.51. The summed E-state index contributed by atoms with van der Waals surface area (Å²) in [6.45, 7) is 12.3. The van der Waals surface area contributed by atoms with Crippen LogP contribution in [-0.2, 0) is 4.74 Å². The molecule has 2 atom stereocenters. The molecule has 15 heavy (non-hydrogen) atoms. The molecule has 0 aliphatic carbocycles. The fraction of sp³-hybridized carbons (Fsp3) is 1.00. The summed E-state index contributed by atoms with van der Waals surface area (Å²) in [6, 6.07) is 0. The molecule has 90 valence electrons. The molecule has 1 aliphatic heterocycles. The average molecular weight is 213 g/mol. The molecule has 1 saturated heterocycles. The van der Waals surface area contributed by atoms with Gasteiger partial charge in [0.2, 0.25) is 0 Å². The van der Waals surface area contributed by atoms with Crippen LogP contribution in [0.2, 0.25) is 0 Å². The van der Waals surface area contributed by atoms with E-state index in [1.165, 1.54) is 19.3 Å². The largest absolute Gasteiger partial charge is 0.378 e. The van der Waals surface area contributed by atoms with Gasteiger partial charge in [-0.3, -0.25) is 0 Å². The Kier molecular flexibility index (Phi) is 5.07. The Hall–Kier alpha value is -0.0800. The van der Waals surface area contributed by atoms with Crippen LogP contribution in [-0.4, -0.2) is 25.8 Å². The Morgan fingerprint density at radius 3 is 2.67 bits per heavy atom. The van der Waals surface area contributed by atoms with Gasteiger partial charge in [0.25, 0.3) is 0 Å². The molecule has 0 aromatic carbocycles. The van der Waals surface area contributed by atoms with Crippen LogP contribution >= 0.6 is 0 Å². The van der Waals surface area contributed by atoms with Gasteiger partial charge in [0.15, 0.2) is 0 Å². The number of hydrogen-bond acceptors (Lipinski definition) is 2. The Labute approximate surface area is 94.8 Å². The number of nitrogens with one attached hydrogen (secondary N) is 1. The van der Waals surface area contributed by atoms with Gasteiger partial charge in [-0.1, -0.05) is 20.8 Å². The molecule has 2 heteroatoms. The van der Waals surface area contributed by atoms with Crippen molar-refractivity contribution in [1.29, 1.82) is 0 Å². The first-order valence-electron chi connectivity index (χ1n) is 6.43. The molecule has 2 unspecified atom stereocenters. The molecule has 1 heterocycles. The average Bonchev–Trinajstić information content (AvgIpc) is 2.48. The van der Waals surface area contributed by atoms with Crippen LogP contribution in [0.4, 0.5) is 0 Å². The van der Waals surface area contributed by atoms with Gasteiger partial charge in [-0.15, -0.1) is 0 Å². The summed E-state index contributed by atoms with van der Waals surface area (Å²) >= 11 is 0. The standard InChI is InChI=1S/C13H27NO/c1-5-7-14-10-13(9-11(2)3)6-8-15-12(13)4/h11-12,14H,5-10H2,1-4H3. The van der Waals surface area contributed by atoms with Crippen LogP contribution in [0.1, 0.15) is 47.0 Å². The number of ether oxygens (including phenoxy) is 1. The minimum Gasteiger partial charge on any atom is -0.378 e. The second kappa shape index (κ2) is 5.86. The van der Waals surface area contributed by atoms with Gasteiger partial charge in [-0.2, -0.15) is 0 Å². The minimum atomic E-state index is 0.392. The highest BCUT2D eigenvalue weighted by Crippen LogP contribution is 2.39. The lowest BCUT2D eigenvalue weighted by Gasteiger charge is -2.34. The van der Waals surface area contributed by atoms with E-state index in [9.17, 15) is 0 Å². The summed E-state index contributed by atoms with van der Waals surface area (Å²) < 4.78 is 5.76. The van der Waals surface area contributed by atoms with E-state index in [4.69, 9.17) is 4.74 Å². The van der Waals surface area contributed by atoms with Crippen LogP contribution in [0.15, 0.2) is 0 Å². The van der Waals surface area contributed by atoms with Crippen LogP contribution < -0.4 is 5.32 Å². The van der Waals surface area contributed by atoms with E-state index in [-0.39, 0.29) is 0 Å². The fourth-order valence-corrected chi connectivity index (χ4v) is 2.72. The first-order chi connectivity index (χ1) is 7.10. The third kappa shape index (κ3) is 3.46. The zero-order valence-corrected chi connectivity index (χ0v) is 10.8.